The fourth-order valence-electron chi connectivity index (χ4n) is 2.71. The Morgan fingerprint density at radius 3 is 2.35 bits per heavy atom. The summed E-state index contributed by atoms with van der Waals surface area (Å²) in [6, 6.07) is 23.9. The lowest BCUT2D eigenvalue weighted by Gasteiger charge is -2.14. The third-order valence-corrected chi connectivity index (χ3v) is 5.26. The molecule has 3 nitrogen and oxygen atoms in total. The number of rotatable bonds is 7. The van der Waals surface area contributed by atoms with Crippen LogP contribution in [0.4, 0.5) is 5.69 Å². The van der Waals surface area contributed by atoms with E-state index in [2.05, 4.69) is 24.4 Å². The maximum absolute atomic E-state index is 11.5. The Morgan fingerprint density at radius 2 is 1.65 bits per heavy atom. The molecule has 0 spiro atoms. The van der Waals surface area contributed by atoms with Crippen molar-refractivity contribution in [3.63, 3.8) is 0 Å². The summed E-state index contributed by atoms with van der Waals surface area (Å²) in [5.74, 6) is 0.874. The van der Waals surface area contributed by atoms with Crippen LogP contribution in [0, 0.1) is 6.92 Å². The average Bonchev–Trinajstić information content (AvgIpc) is 2.67. The van der Waals surface area contributed by atoms with Crippen LogP contribution >= 0.6 is 0 Å². The summed E-state index contributed by atoms with van der Waals surface area (Å²) in [5.41, 5.74) is 4.61. The van der Waals surface area contributed by atoms with Crippen LogP contribution < -0.4 is 10.1 Å². The van der Waals surface area contributed by atoms with Gasteiger partial charge in [0.2, 0.25) is 0 Å². The zero-order valence-corrected chi connectivity index (χ0v) is 15.9. The van der Waals surface area contributed by atoms with E-state index in [1.807, 2.05) is 60.7 Å². The fraction of sp³-hybridized carbons (Fsp3) is 0.182. The molecule has 0 aliphatic heterocycles. The molecule has 3 aromatic carbocycles. The number of anilines is 1. The number of hydrogen-bond donors (Lipinski definition) is 1. The van der Waals surface area contributed by atoms with Crippen LogP contribution in [0.15, 0.2) is 77.7 Å². The fourth-order valence-corrected chi connectivity index (χ4v) is 3.22. The molecule has 0 aromatic heterocycles. The van der Waals surface area contributed by atoms with Gasteiger partial charge in [-0.15, -0.1) is 0 Å². The number of para-hydroxylation sites is 1. The van der Waals surface area contributed by atoms with Crippen LogP contribution in [-0.2, 0) is 24.0 Å². The minimum absolute atomic E-state index is 0.544. The van der Waals surface area contributed by atoms with Gasteiger partial charge >= 0.3 is 0 Å². The molecule has 134 valence electrons. The van der Waals surface area contributed by atoms with E-state index in [1.54, 1.807) is 6.26 Å². The summed E-state index contributed by atoms with van der Waals surface area (Å²) in [6.07, 6.45) is 1.69. The van der Waals surface area contributed by atoms with Crippen LogP contribution in [0.3, 0.4) is 0 Å². The maximum atomic E-state index is 11.5. The molecule has 0 heterocycles. The standard InChI is InChI=1S/C22H23NO2S/c1-17-19(16-25-20-8-4-3-5-9-20)7-6-10-22(17)23-15-18-11-13-21(14-12-18)26(2)24/h3-14,23H,15-16H2,1-2H3. The maximum Gasteiger partial charge on any atom is 0.119 e. The Labute approximate surface area is 157 Å². The highest BCUT2D eigenvalue weighted by molar-refractivity contribution is 7.84. The van der Waals surface area contributed by atoms with Crippen molar-refractivity contribution in [1.29, 1.82) is 0 Å². The summed E-state index contributed by atoms with van der Waals surface area (Å²) in [6.45, 7) is 3.37. The Hall–Kier alpha value is -2.59. The van der Waals surface area contributed by atoms with E-state index in [9.17, 15) is 4.21 Å². The van der Waals surface area contributed by atoms with Crippen molar-refractivity contribution in [1.82, 2.24) is 0 Å². The first-order chi connectivity index (χ1) is 12.6. The van der Waals surface area contributed by atoms with Gasteiger partial charge in [-0.2, -0.15) is 0 Å². The molecule has 1 N–H and O–H groups in total. The molecular formula is C22H23NO2S. The van der Waals surface area contributed by atoms with Gasteiger partial charge in [-0.05, 0) is 53.9 Å². The SMILES string of the molecule is Cc1c(COc2ccccc2)cccc1NCc1ccc(S(C)=O)cc1. The summed E-state index contributed by atoms with van der Waals surface area (Å²) in [4.78, 5) is 0.852. The van der Waals surface area contributed by atoms with Crippen LogP contribution in [0.25, 0.3) is 0 Å². The summed E-state index contributed by atoms with van der Waals surface area (Å²) in [7, 11) is -0.937. The van der Waals surface area contributed by atoms with Crippen molar-refractivity contribution in [2.45, 2.75) is 25.0 Å². The number of benzene rings is 3. The Balaban J connectivity index is 1.64. The number of hydrogen-bond acceptors (Lipinski definition) is 3. The van der Waals surface area contributed by atoms with Crippen molar-refractivity contribution in [3.8, 4) is 5.75 Å². The second-order valence-electron chi connectivity index (χ2n) is 6.14. The van der Waals surface area contributed by atoms with E-state index < -0.39 is 10.8 Å². The minimum atomic E-state index is -0.937. The van der Waals surface area contributed by atoms with E-state index in [0.717, 1.165) is 34.0 Å². The third-order valence-electron chi connectivity index (χ3n) is 4.32. The lowest BCUT2D eigenvalue weighted by Crippen LogP contribution is -2.04. The second kappa shape index (κ2) is 8.68. The summed E-state index contributed by atoms with van der Waals surface area (Å²) in [5, 5.41) is 3.49. The number of ether oxygens (including phenoxy) is 1. The second-order valence-corrected chi connectivity index (χ2v) is 7.52. The van der Waals surface area contributed by atoms with Gasteiger partial charge in [0, 0.05) is 34.2 Å². The van der Waals surface area contributed by atoms with Gasteiger partial charge in [-0.1, -0.05) is 42.5 Å². The molecule has 1 unspecified atom stereocenters. The van der Waals surface area contributed by atoms with Crippen molar-refractivity contribution >= 4 is 16.5 Å². The van der Waals surface area contributed by atoms with E-state index in [0.29, 0.717) is 6.61 Å². The molecule has 0 aliphatic carbocycles. The molecule has 0 radical (unpaired) electrons. The molecule has 3 aromatic rings. The van der Waals surface area contributed by atoms with Crippen molar-refractivity contribution in [2.24, 2.45) is 0 Å². The van der Waals surface area contributed by atoms with Gasteiger partial charge < -0.3 is 10.1 Å². The van der Waals surface area contributed by atoms with Gasteiger partial charge in [-0.25, -0.2) is 0 Å². The van der Waals surface area contributed by atoms with E-state index in [-0.39, 0.29) is 0 Å². The summed E-state index contributed by atoms with van der Waals surface area (Å²) < 4.78 is 17.3. The van der Waals surface area contributed by atoms with E-state index in [4.69, 9.17) is 4.74 Å². The van der Waals surface area contributed by atoms with Gasteiger partial charge in [-0.3, -0.25) is 4.21 Å². The molecule has 0 bridgehead atoms. The molecule has 0 fully saturated rings. The normalized spacial score (nSPS) is 11.8. The molecule has 0 saturated heterocycles. The molecule has 1 atom stereocenters. The van der Waals surface area contributed by atoms with Crippen LogP contribution in [0.5, 0.6) is 5.75 Å². The largest absolute Gasteiger partial charge is 0.489 e. The van der Waals surface area contributed by atoms with Crippen LogP contribution in [-0.4, -0.2) is 10.5 Å². The quantitative estimate of drug-likeness (QED) is 0.645. The molecule has 26 heavy (non-hydrogen) atoms. The zero-order chi connectivity index (χ0) is 18.4. The number of nitrogens with one attached hydrogen (secondary N) is 1. The van der Waals surface area contributed by atoms with Gasteiger partial charge in [0.15, 0.2) is 0 Å². The molecular weight excluding hydrogens is 342 g/mol. The predicted octanol–water partition coefficient (Wildman–Crippen LogP) is 4.92. The van der Waals surface area contributed by atoms with Gasteiger partial charge in [0.05, 0.1) is 0 Å². The first kappa shape index (κ1) is 18.2. The lowest BCUT2D eigenvalue weighted by atomic mass is 10.1. The highest BCUT2D eigenvalue weighted by Gasteiger charge is 2.05. The third kappa shape index (κ3) is 4.73. The Kier molecular flexibility index (Phi) is 6.08. The summed E-state index contributed by atoms with van der Waals surface area (Å²) >= 11 is 0. The first-order valence-corrected chi connectivity index (χ1v) is 10.1. The van der Waals surface area contributed by atoms with Crippen LogP contribution in [0.2, 0.25) is 0 Å². The van der Waals surface area contributed by atoms with Gasteiger partial charge in [0.1, 0.15) is 12.4 Å². The molecule has 3 rings (SSSR count). The Morgan fingerprint density at radius 1 is 0.923 bits per heavy atom. The smallest absolute Gasteiger partial charge is 0.119 e. The highest BCUT2D eigenvalue weighted by Crippen LogP contribution is 2.22. The lowest BCUT2D eigenvalue weighted by molar-refractivity contribution is 0.305. The van der Waals surface area contributed by atoms with Crippen molar-refractivity contribution < 1.29 is 8.95 Å². The van der Waals surface area contributed by atoms with Crippen molar-refractivity contribution in [3.05, 3.63) is 89.5 Å². The van der Waals surface area contributed by atoms with Crippen molar-refractivity contribution in [2.75, 3.05) is 11.6 Å². The van der Waals surface area contributed by atoms with Gasteiger partial charge in [0.25, 0.3) is 0 Å². The molecule has 0 amide bonds. The molecule has 0 saturated carbocycles. The monoisotopic (exact) mass is 365 g/mol. The molecule has 4 heteroatoms. The zero-order valence-electron chi connectivity index (χ0n) is 15.1. The first-order valence-electron chi connectivity index (χ1n) is 8.56. The minimum Gasteiger partial charge on any atom is -0.489 e. The van der Waals surface area contributed by atoms with E-state index in [1.165, 1.54) is 5.56 Å². The topological polar surface area (TPSA) is 38.3 Å². The highest BCUT2D eigenvalue weighted by atomic mass is 32.2. The predicted molar refractivity (Wildman–Crippen MR) is 108 cm³/mol. The molecule has 0 aliphatic rings. The Bertz CT molecular complexity index is 876. The average molecular weight is 365 g/mol. The van der Waals surface area contributed by atoms with E-state index >= 15 is 0 Å². The van der Waals surface area contributed by atoms with Crippen LogP contribution in [0.1, 0.15) is 16.7 Å².